The van der Waals surface area contributed by atoms with Crippen LogP contribution in [-0.2, 0) is 77.8 Å². The predicted octanol–water partition coefficient (Wildman–Crippen LogP) is 12.0. The highest BCUT2D eigenvalue weighted by Crippen LogP contribution is 2.46. The molecule has 46 heteroatoms. The second-order valence-corrected chi connectivity index (χ2v) is 47.3. The quantitative estimate of drug-likeness (QED) is 0.0272. The Morgan fingerprint density at radius 1 is 0.387 bits per heavy atom. The summed E-state index contributed by atoms with van der Waals surface area (Å²) in [5.74, 6) is 0.451. The van der Waals surface area contributed by atoms with Crippen LogP contribution in [-0.4, -0.2) is 250 Å². The molecular weight excluding hydrogens is 1910 g/mol. The molecule has 5 aliphatic heterocycles. The summed E-state index contributed by atoms with van der Waals surface area (Å²) in [6, 6.07) is 36.6. The number of nitrogens with one attached hydrogen (secondary N) is 5. The van der Waals surface area contributed by atoms with Crippen LogP contribution in [0.25, 0.3) is 116 Å². The van der Waals surface area contributed by atoms with Crippen molar-refractivity contribution in [3.63, 3.8) is 0 Å². The van der Waals surface area contributed by atoms with Crippen LogP contribution in [0.2, 0.25) is 0 Å². The summed E-state index contributed by atoms with van der Waals surface area (Å²) in [5.41, 5.74) is 10.1. The standard InChI is InChI=1S/C22H17N7O2S.2C19H22N6O2S.C18H18N6O2S.C18H20N6O2S/c1-24-19-12-26-21-18(7-10-25-21)20(19)16-11-27-29(13-16)22(8-9-23)14-28(15-22)32(30,31)17-5-3-2-4-6-17;1-14(2)11-28(26,27)24-12-19(13-24,5-6-20)25-10-15(9-23-25)16-3-7-21-18-17(16)4-8-22-18;1-2-3-10-28(26,27)24-13-19(14-24,6-7-20)25-12-15(11-23-25)16-4-8-21-18-17(16)5-9-22-18;19-6-5-18(11-23(12-18)27(25,26)14-1-2-14)24-10-13(9-22-24)15-3-7-20-17-16(15)4-8-21-17;1-2-9-27(25,26)23-12-18(13-23,5-6-19)24-11-14(10-22-24)15-3-7-20-17-16(15)4-8-21-17/h2-7,10-13H,8,14-15H2,(H,25,26);3-4,7-10,14H,5,11-13H2,1-2H3,(H,21,22);4-5,8-9,11-12H,2-3,6,10,13-14H2,1H3,(H,21,22);3-4,7-10,14H,1-2,5,11-12H2,(H,20,21);3-4,7-8,10-11H,2,5,9,12-13H2,1H3,(H,20,21). The Kier molecular flexibility index (Phi) is 26.8. The first-order chi connectivity index (χ1) is 68.3. The molecule has 16 aromatic rings. The van der Waals surface area contributed by atoms with Crippen molar-refractivity contribution in [1.29, 1.82) is 26.3 Å². The molecule has 0 unspecified atom stereocenters. The minimum Gasteiger partial charge on any atom is -0.346 e. The van der Waals surface area contributed by atoms with Crippen LogP contribution >= 0.6 is 0 Å². The third-order valence-corrected chi connectivity index (χ3v) is 36.8. The van der Waals surface area contributed by atoms with Gasteiger partial charge in [0, 0.05) is 219 Å². The molecule has 20 heterocycles. The van der Waals surface area contributed by atoms with Crippen LogP contribution in [0.1, 0.15) is 91.9 Å². The average Bonchev–Trinajstić information content (AvgIpc) is 1.57. The zero-order valence-corrected chi connectivity index (χ0v) is 81.9. The molecule has 1 aromatic carbocycles. The van der Waals surface area contributed by atoms with Gasteiger partial charge in [-0.3, -0.25) is 28.4 Å². The lowest BCUT2D eigenvalue weighted by molar-refractivity contribution is 0.0715. The van der Waals surface area contributed by atoms with Gasteiger partial charge in [0.25, 0.3) is 0 Å². The number of H-pyrrole nitrogens is 5. The Hall–Kier alpha value is -14.8. The van der Waals surface area contributed by atoms with Gasteiger partial charge in [-0.15, -0.1) is 0 Å². The smallest absolute Gasteiger partial charge is 0.243 e. The second kappa shape index (κ2) is 39.0. The molecule has 0 atom stereocenters. The van der Waals surface area contributed by atoms with Crippen molar-refractivity contribution >= 4 is 111 Å². The Labute approximate surface area is 818 Å². The molecule has 142 heavy (non-hydrogen) atoms. The predicted molar refractivity (Wildman–Crippen MR) is 529 cm³/mol. The SMILES string of the molecule is CC(C)CS(=O)(=O)N1CC(CC#N)(n2cc(-c3ccnc4[nH]ccc34)cn2)C1.CCCCS(=O)(=O)N1CC(CC#N)(n2cc(-c3ccnc4[nH]ccc34)cn2)C1.CCCS(=O)(=O)N1CC(CC#N)(n2cc(-c3ccnc4[nH]ccc34)cn2)C1.N#CCC1(n2cc(-c3ccnc4[nH]ccc34)cn2)CN(S(=O)(=O)C2CC2)C1.[C-]#[N+]c1cnc2[nH]ccc2c1-c1cnn(C2(CC#N)CN(S(=O)(=O)c3ccccc3)C2)c1. The van der Waals surface area contributed by atoms with Gasteiger partial charge in [0.05, 0.1) is 127 Å². The number of pyridine rings is 5. The van der Waals surface area contributed by atoms with Crippen molar-refractivity contribution < 1.29 is 42.1 Å². The fraction of sp³-hybridized carbons (Fsp3) is 0.354. The highest BCUT2D eigenvalue weighted by molar-refractivity contribution is 7.90. The van der Waals surface area contributed by atoms with Crippen molar-refractivity contribution in [1.82, 2.24) is 120 Å². The Morgan fingerprint density at radius 2 is 0.704 bits per heavy atom. The van der Waals surface area contributed by atoms with Gasteiger partial charge >= 0.3 is 0 Å². The molecule has 41 nitrogen and oxygen atoms in total. The summed E-state index contributed by atoms with van der Waals surface area (Å²) in [6.07, 6.45) is 40.1. The third-order valence-electron chi connectivity index (χ3n) is 26.8. The number of benzene rings is 1. The molecule has 0 radical (unpaired) electrons. The van der Waals surface area contributed by atoms with Gasteiger partial charge in [-0.1, -0.05) is 52.3 Å². The van der Waals surface area contributed by atoms with Gasteiger partial charge in [0.2, 0.25) is 55.8 Å². The molecule has 0 spiro atoms. The van der Waals surface area contributed by atoms with E-state index in [0.29, 0.717) is 48.4 Å². The Balaban J connectivity index is 0.000000117. The first kappa shape index (κ1) is 97.4. The van der Waals surface area contributed by atoms with E-state index < -0.39 is 77.8 Å². The third kappa shape index (κ3) is 18.6. The lowest BCUT2D eigenvalue weighted by atomic mass is 9.89. The monoisotopic (exact) mass is 2010 g/mol. The Morgan fingerprint density at radius 3 is 1.04 bits per heavy atom. The maximum Gasteiger partial charge on any atom is 0.243 e. The van der Waals surface area contributed by atoms with Crippen molar-refractivity contribution in [2.75, 3.05) is 82.7 Å². The van der Waals surface area contributed by atoms with E-state index in [1.165, 1.54) is 27.7 Å². The van der Waals surface area contributed by atoms with E-state index in [4.69, 9.17) is 6.57 Å². The van der Waals surface area contributed by atoms with Gasteiger partial charge in [0.1, 0.15) is 55.9 Å². The fourth-order valence-corrected chi connectivity index (χ4v) is 27.9. The zero-order valence-electron chi connectivity index (χ0n) is 77.8. The van der Waals surface area contributed by atoms with E-state index in [-0.39, 0.29) is 118 Å². The van der Waals surface area contributed by atoms with E-state index in [9.17, 15) is 68.4 Å². The lowest BCUT2D eigenvalue weighted by Gasteiger charge is -2.48. The van der Waals surface area contributed by atoms with E-state index >= 15 is 0 Å². The summed E-state index contributed by atoms with van der Waals surface area (Å²) in [6.45, 7) is 17.6. The van der Waals surface area contributed by atoms with E-state index in [1.54, 1.807) is 122 Å². The van der Waals surface area contributed by atoms with Gasteiger partial charge < -0.3 is 24.9 Å². The fourth-order valence-electron chi connectivity index (χ4n) is 18.9. The van der Waals surface area contributed by atoms with Gasteiger partial charge in [-0.25, -0.2) is 66.9 Å². The summed E-state index contributed by atoms with van der Waals surface area (Å²) < 4.78 is 141. The van der Waals surface area contributed by atoms with Crippen molar-refractivity contribution in [3.8, 4) is 86.0 Å². The maximum absolute atomic E-state index is 12.9. The number of aromatic amines is 5. The number of aromatic nitrogens is 20. The average molecular weight is 2010 g/mol. The number of unbranched alkanes of at least 4 members (excludes halogenated alkanes) is 1. The maximum atomic E-state index is 12.9. The number of sulfonamides is 5. The van der Waals surface area contributed by atoms with Crippen LogP contribution in [0.3, 0.4) is 0 Å². The molecule has 5 N–H and O–H groups in total. The summed E-state index contributed by atoms with van der Waals surface area (Å²) in [7, 11) is -16.7. The van der Waals surface area contributed by atoms with E-state index in [0.717, 1.165) is 113 Å². The molecule has 0 bridgehead atoms. The Bertz CT molecular complexity index is 8300. The van der Waals surface area contributed by atoms with E-state index in [2.05, 4.69) is 111 Å². The number of fused-ring (bicyclic) bond motifs is 5. The number of hydrogen-bond acceptors (Lipinski definition) is 25. The first-order valence-electron chi connectivity index (χ1n) is 46.0. The first-order valence-corrected chi connectivity index (χ1v) is 53.7. The number of nitrogens with zero attached hydrogens (tertiary/aromatic N) is 26. The largest absolute Gasteiger partial charge is 0.346 e. The summed E-state index contributed by atoms with van der Waals surface area (Å²) >= 11 is 0. The van der Waals surface area contributed by atoms with Crippen molar-refractivity contribution in [2.45, 2.75) is 130 Å². The molecule has 5 saturated heterocycles. The van der Waals surface area contributed by atoms with Crippen LogP contribution in [0.4, 0.5) is 5.69 Å². The van der Waals surface area contributed by atoms with Crippen molar-refractivity contribution in [2.24, 2.45) is 5.92 Å². The van der Waals surface area contributed by atoms with Crippen LogP contribution < -0.4 is 0 Å². The van der Waals surface area contributed by atoms with E-state index in [1.807, 2.05) is 132 Å². The number of nitriles is 5. The molecule has 1 saturated carbocycles. The van der Waals surface area contributed by atoms with Gasteiger partial charge in [-0.2, -0.15) is 73.3 Å². The molecular formula is C96H99N31O10S5. The summed E-state index contributed by atoms with van der Waals surface area (Å²) in [5, 5.41) is 73.6. The lowest BCUT2D eigenvalue weighted by Crippen LogP contribution is -2.64. The second-order valence-electron chi connectivity index (χ2n) is 37.0. The number of hydrogen-bond donors (Lipinski definition) is 5. The highest BCUT2D eigenvalue weighted by Gasteiger charge is 2.56. The molecule has 0 amide bonds. The molecule has 1 aliphatic carbocycles. The molecule has 728 valence electrons. The zero-order chi connectivity index (χ0) is 99.8. The normalized spacial score (nSPS) is 17.1. The molecule has 15 aromatic heterocycles. The van der Waals surface area contributed by atoms with Crippen LogP contribution in [0.5, 0.6) is 0 Å². The highest BCUT2D eigenvalue weighted by atomic mass is 32.2. The minimum atomic E-state index is -3.65. The van der Waals surface area contributed by atoms with Gasteiger partial charge in [-0.05, 0) is 121 Å². The molecule has 6 aliphatic rings. The topological polar surface area (TPSA) is 543 Å². The van der Waals surface area contributed by atoms with Crippen LogP contribution in [0.15, 0.2) is 214 Å². The van der Waals surface area contributed by atoms with Gasteiger partial charge in [0.15, 0.2) is 0 Å². The summed E-state index contributed by atoms with van der Waals surface area (Å²) in [4.78, 5) is 40.7. The molecule has 6 fully saturated rings. The van der Waals surface area contributed by atoms with Crippen molar-refractivity contribution in [3.05, 3.63) is 220 Å². The molecule has 22 rings (SSSR count). The minimum absolute atomic E-state index is 0.0581. The number of rotatable bonds is 29. The van der Waals surface area contributed by atoms with Crippen LogP contribution in [0, 0.1) is 69.1 Å².